The monoisotopic (exact) mass is 172 g/mol. The van der Waals surface area contributed by atoms with Gasteiger partial charge in [0.25, 0.3) is 0 Å². The minimum Gasteiger partial charge on any atom is -0.324 e. The van der Waals surface area contributed by atoms with E-state index >= 15 is 0 Å². The van der Waals surface area contributed by atoms with Crippen LogP contribution in [0.2, 0.25) is 0 Å². The first-order valence-corrected chi connectivity index (χ1v) is 2.49. The van der Waals surface area contributed by atoms with Gasteiger partial charge in [0.05, 0.1) is 0 Å². The van der Waals surface area contributed by atoms with E-state index < -0.39 is 0 Å². The molecule has 1 heteroatoms. The molecule has 0 aromatic heterocycles. The Hall–Kier alpha value is 1.10. The molecule has 0 N–H and O–H groups in total. The molecule has 1 saturated carbocycles. The molecule has 0 spiro atoms. The molecular weight excluding hydrogens is 161 g/mol. The Kier molecular flexibility index (Phi) is 2.49. The first-order chi connectivity index (χ1) is 2.63. The molecule has 7 heavy (non-hydrogen) atoms. The van der Waals surface area contributed by atoms with Crippen LogP contribution in [0, 0.1) is 17.8 Å². The third kappa shape index (κ3) is 1.81. The Morgan fingerprint density at radius 2 is 1.57 bits per heavy atom. The number of hydrogen-bond donors (Lipinski definition) is 0. The van der Waals surface area contributed by atoms with Crippen molar-refractivity contribution in [3.63, 3.8) is 0 Å². The predicted molar refractivity (Wildman–Crippen MR) is 27.2 cm³/mol. The summed E-state index contributed by atoms with van der Waals surface area (Å²) in [7, 11) is 0. The molecule has 1 rings (SSSR count). The van der Waals surface area contributed by atoms with Crippen LogP contribution in [-0.2, 0) is 32.7 Å². The second-order valence-corrected chi connectivity index (χ2v) is 2.78. The van der Waals surface area contributed by atoms with Crippen LogP contribution in [0.15, 0.2) is 0 Å². The maximum absolute atomic E-state index is 2.35. The molecule has 0 amide bonds. The maximum atomic E-state index is 2.35. The van der Waals surface area contributed by atoms with E-state index in [0.717, 1.165) is 5.92 Å². The van der Waals surface area contributed by atoms with Crippen molar-refractivity contribution in [3.05, 3.63) is 6.42 Å². The Bertz CT molecular complexity index is 66.6. The summed E-state index contributed by atoms with van der Waals surface area (Å²) in [5.41, 5.74) is 0.583. The molecule has 0 aliphatic heterocycles. The molecule has 39 valence electrons. The van der Waals surface area contributed by atoms with Crippen LogP contribution in [0.3, 0.4) is 0 Å². The van der Waals surface area contributed by atoms with Crippen molar-refractivity contribution in [3.8, 4) is 0 Å². The van der Waals surface area contributed by atoms with Crippen LogP contribution >= 0.6 is 0 Å². The van der Waals surface area contributed by atoms with E-state index in [2.05, 4.69) is 27.2 Å². The van der Waals surface area contributed by atoms with Crippen LogP contribution in [0.25, 0.3) is 0 Å². The molecule has 1 fully saturated rings. The Balaban J connectivity index is 0.000000360. The van der Waals surface area contributed by atoms with Crippen molar-refractivity contribution in [1.29, 1.82) is 0 Å². The summed E-state index contributed by atoms with van der Waals surface area (Å²) >= 11 is 0. The van der Waals surface area contributed by atoms with Gasteiger partial charge in [-0.1, -0.05) is 20.8 Å². The fraction of sp³-hybridized carbons (Fsp3) is 0.833. The van der Waals surface area contributed by atoms with E-state index in [9.17, 15) is 0 Å². The van der Waals surface area contributed by atoms with Gasteiger partial charge in [-0.25, -0.2) is 0 Å². The van der Waals surface area contributed by atoms with Gasteiger partial charge in [0, 0.05) is 32.7 Å². The fourth-order valence-electron chi connectivity index (χ4n) is 0.596. The summed E-state index contributed by atoms with van der Waals surface area (Å²) in [5.74, 6) is 0.873. The molecule has 0 saturated heterocycles. The molecule has 0 aromatic rings. The smallest absolute Gasteiger partial charge is 0 e. The molecule has 0 heterocycles. The van der Waals surface area contributed by atoms with Crippen molar-refractivity contribution in [2.45, 2.75) is 20.8 Å². The largest absolute Gasteiger partial charge is 0.324 e. The predicted octanol–water partition coefficient (Wildman–Crippen LogP) is 1.86. The Labute approximate surface area is 70.9 Å². The van der Waals surface area contributed by atoms with Gasteiger partial charge in [-0.2, -0.15) is 11.3 Å². The quantitative estimate of drug-likeness (QED) is 0.489. The zero-order valence-corrected chi connectivity index (χ0v) is 8.07. The topological polar surface area (TPSA) is 0 Å². The van der Waals surface area contributed by atoms with Gasteiger partial charge < -0.3 is 6.42 Å². The normalized spacial score (nSPS) is 33.9. The summed E-state index contributed by atoms with van der Waals surface area (Å²) in [6, 6.07) is 0. The zero-order chi connectivity index (χ0) is 4.78. The summed E-state index contributed by atoms with van der Waals surface area (Å²) in [5, 5.41) is 0. The van der Waals surface area contributed by atoms with Gasteiger partial charge in [-0.05, 0) is 0 Å². The molecule has 0 bridgehead atoms. The molecular formula is C6H11Y-. The van der Waals surface area contributed by atoms with E-state index in [1.54, 1.807) is 0 Å². The molecule has 1 atom stereocenters. The van der Waals surface area contributed by atoms with Gasteiger partial charge >= 0.3 is 0 Å². The van der Waals surface area contributed by atoms with E-state index in [-0.39, 0.29) is 32.7 Å². The van der Waals surface area contributed by atoms with Crippen molar-refractivity contribution < 1.29 is 32.7 Å². The standard InChI is InChI=1S/C6H11.Y/c1-5-4-6(5,2)3;/h4-5H,1-3H3;/q-1;. The Morgan fingerprint density at radius 1 is 1.43 bits per heavy atom. The average molecular weight is 172 g/mol. The van der Waals surface area contributed by atoms with Crippen LogP contribution < -0.4 is 0 Å². The number of hydrogen-bond acceptors (Lipinski definition) is 0. The SMILES string of the molecule is CC1[CH-]C1(C)C.[Y]. The fourth-order valence-corrected chi connectivity index (χ4v) is 0.596. The van der Waals surface area contributed by atoms with Gasteiger partial charge in [0.1, 0.15) is 0 Å². The van der Waals surface area contributed by atoms with Crippen molar-refractivity contribution in [1.82, 2.24) is 0 Å². The average Bonchev–Trinajstić information content (AvgIpc) is 1.73. The van der Waals surface area contributed by atoms with Gasteiger partial charge in [-0.15, -0.1) is 0 Å². The second kappa shape index (κ2) is 2.15. The third-order valence-electron chi connectivity index (χ3n) is 1.74. The van der Waals surface area contributed by atoms with Gasteiger partial charge in [-0.3, -0.25) is 0 Å². The van der Waals surface area contributed by atoms with Crippen LogP contribution in [0.5, 0.6) is 0 Å². The van der Waals surface area contributed by atoms with E-state index in [4.69, 9.17) is 0 Å². The summed E-state index contributed by atoms with van der Waals surface area (Å²) in [6.07, 6.45) is 2.35. The molecule has 1 aliphatic rings. The summed E-state index contributed by atoms with van der Waals surface area (Å²) < 4.78 is 0. The summed E-state index contributed by atoms with van der Waals surface area (Å²) in [6.45, 7) is 6.77. The van der Waals surface area contributed by atoms with E-state index in [1.165, 1.54) is 0 Å². The van der Waals surface area contributed by atoms with Gasteiger partial charge in [0.15, 0.2) is 0 Å². The van der Waals surface area contributed by atoms with E-state index in [1.807, 2.05) is 0 Å². The first kappa shape index (κ1) is 8.10. The van der Waals surface area contributed by atoms with Crippen LogP contribution in [-0.4, -0.2) is 0 Å². The van der Waals surface area contributed by atoms with Crippen LogP contribution in [0.1, 0.15) is 20.8 Å². The van der Waals surface area contributed by atoms with E-state index in [0.29, 0.717) is 5.41 Å². The van der Waals surface area contributed by atoms with Crippen molar-refractivity contribution in [2.75, 3.05) is 0 Å². The molecule has 0 aromatic carbocycles. The summed E-state index contributed by atoms with van der Waals surface area (Å²) in [4.78, 5) is 0. The molecule has 0 nitrogen and oxygen atoms in total. The van der Waals surface area contributed by atoms with Crippen LogP contribution in [0.4, 0.5) is 0 Å². The second-order valence-electron chi connectivity index (χ2n) is 2.78. The molecule has 1 aliphatic carbocycles. The van der Waals surface area contributed by atoms with Crippen molar-refractivity contribution >= 4 is 0 Å². The number of rotatable bonds is 0. The first-order valence-electron chi connectivity index (χ1n) is 2.49. The third-order valence-corrected chi connectivity index (χ3v) is 1.74. The van der Waals surface area contributed by atoms with Crippen molar-refractivity contribution in [2.24, 2.45) is 11.3 Å². The maximum Gasteiger partial charge on any atom is 0 e. The van der Waals surface area contributed by atoms with Gasteiger partial charge in [0.2, 0.25) is 0 Å². The molecule has 1 radical (unpaired) electrons. The minimum absolute atomic E-state index is 0. The molecule has 1 unspecified atom stereocenters. The minimum atomic E-state index is 0. The Morgan fingerprint density at radius 3 is 1.57 bits per heavy atom. The zero-order valence-electron chi connectivity index (χ0n) is 5.23.